The van der Waals surface area contributed by atoms with E-state index in [0.717, 1.165) is 32.4 Å². The average Bonchev–Trinajstić information content (AvgIpc) is 2.66. The van der Waals surface area contributed by atoms with Crippen LogP contribution in [0.15, 0.2) is 43.5 Å². The van der Waals surface area contributed by atoms with E-state index in [-0.39, 0.29) is 18.4 Å². The van der Waals surface area contributed by atoms with Gasteiger partial charge in [-0.15, -0.1) is 13.2 Å². The molecule has 0 aromatic heterocycles. The average molecular weight is 376 g/mol. The number of nitrogens with zero attached hydrogens (tertiary/aromatic N) is 2. The van der Waals surface area contributed by atoms with Crippen LogP contribution in [0.4, 0.5) is 5.69 Å². The number of hydrogen-bond donors (Lipinski definition) is 1. The number of carbonyl (C=O) groups is 2. The summed E-state index contributed by atoms with van der Waals surface area (Å²) in [5.41, 5.74) is 1.13. The first-order valence-corrected chi connectivity index (χ1v) is 9.27. The number of rotatable bonds is 8. The highest BCUT2D eigenvalue weighted by molar-refractivity contribution is 6.31. The summed E-state index contributed by atoms with van der Waals surface area (Å²) in [4.78, 5) is 28.7. The van der Waals surface area contributed by atoms with Crippen LogP contribution in [0.5, 0.6) is 0 Å². The van der Waals surface area contributed by atoms with Crippen LogP contribution in [0.2, 0.25) is 5.02 Å². The van der Waals surface area contributed by atoms with Gasteiger partial charge in [0.2, 0.25) is 5.91 Å². The van der Waals surface area contributed by atoms with E-state index in [1.165, 1.54) is 0 Å². The Morgan fingerprint density at radius 1 is 1.15 bits per heavy atom. The zero-order valence-corrected chi connectivity index (χ0v) is 15.8. The van der Waals surface area contributed by atoms with E-state index >= 15 is 0 Å². The van der Waals surface area contributed by atoms with Gasteiger partial charge < -0.3 is 15.1 Å². The zero-order valence-electron chi connectivity index (χ0n) is 15.0. The van der Waals surface area contributed by atoms with Crippen molar-refractivity contribution in [3.05, 3.63) is 54.1 Å². The predicted molar refractivity (Wildman–Crippen MR) is 107 cm³/mol. The van der Waals surface area contributed by atoms with E-state index in [4.69, 9.17) is 11.6 Å². The Hall–Kier alpha value is -2.27. The van der Waals surface area contributed by atoms with Gasteiger partial charge in [-0.2, -0.15) is 0 Å². The maximum atomic E-state index is 12.8. The van der Waals surface area contributed by atoms with Crippen molar-refractivity contribution in [2.24, 2.45) is 0 Å². The second kappa shape index (κ2) is 10.0. The third-order valence-electron chi connectivity index (χ3n) is 4.34. The number of amides is 2. The fourth-order valence-corrected chi connectivity index (χ4v) is 3.16. The first-order chi connectivity index (χ1) is 12.6. The normalized spacial score (nSPS) is 13.8. The molecule has 1 aromatic rings. The Bertz CT molecular complexity index is 659. The lowest BCUT2D eigenvalue weighted by Crippen LogP contribution is -2.37. The lowest BCUT2D eigenvalue weighted by molar-refractivity contribution is -0.128. The van der Waals surface area contributed by atoms with Gasteiger partial charge in [0.1, 0.15) is 0 Å². The van der Waals surface area contributed by atoms with Crippen LogP contribution in [-0.2, 0) is 4.79 Å². The van der Waals surface area contributed by atoms with Crippen LogP contribution in [-0.4, -0.2) is 54.3 Å². The third-order valence-corrected chi connectivity index (χ3v) is 4.57. The first-order valence-electron chi connectivity index (χ1n) is 8.89. The van der Waals surface area contributed by atoms with Crippen molar-refractivity contribution < 1.29 is 9.59 Å². The molecule has 1 aromatic carbocycles. The molecule has 0 bridgehead atoms. The van der Waals surface area contributed by atoms with Gasteiger partial charge >= 0.3 is 0 Å². The molecule has 1 heterocycles. The summed E-state index contributed by atoms with van der Waals surface area (Å²) in [5.74, 6) is -0.119. The smallest absolute Gasteiger partial charge is 0.255 e. The number of carbonyl (C=O) groups excluding carboxylic acids is 2. The molecule has 1 aliphatic heterocycles. The molecule has 0 aliphatic carbocycles. The summed E-state index contributed by atoms with van der Waals surface area (Å²) in [6, 6.07) is 5.11. The van der Waals surface area contributed by atoms with E-state index in [2.05, 4.69) is 18.5 Å². The third kappa shape index (κ3) is 5.36. The zero-order chi connectivity index (χ0) is 18.9. The standard InChI is InChI=1S/C20H26ClN3O2/c1-3-10-23(11-4-2)19(25)15-22-18-14-16(21)8-9-17(18)20(26)24-12-6-5-7-13-24/h3-4,8-9,14,22H,1-2,5-7,10-13,15H2. The minimum atomic E-state index is -0.0962. The first kappa shape index (κ1) is 20.0. The summed E-state index contributed by atoms with van der Waals surface area (Å²) in [6.45, 7) is 9.84. The summed E-state index contributed by atoms with van der Waals surface area (Å²) in [6.07, 6.45) is 6.56. The van der Waals surface area contributed by atoms with Crippen molar-refractivity contribution >= 4 is 29.1 Å². The highest BCUT2D eigenvalue weighted by Gasteiger charge is 2.21. The second-order valence-corrected chi connectivity index (χ2v) is 6.71. The second-order valence-electron chi connectivity index (χ2n) is 6.27. The SMILES string of the molecule is C=CCN(CC=C)C(=O)CNc1cc(Cl)ccc1C(=O)N1CCCCC1. The molecule has 6 heteroatoms. The molecule has 2 rings (SSSR count). The van der Waals surface area contributed by atoms with Crippen LogP contribution in [0.1, 0.15) is 29.6 Å². The molecule has 0 spiro atoms. The number of piperidine rings is 1. The van der Waals surface area contributed by atoms with Gasteiger partial charge in [-0.25, -0.2) is 0 Å². The molecule has 0 saturated carbocycles. The largest absolute Gasteiger partial charge is 0.375 e. The fourth-order valence-electron chi connectivity index (χ4n) is 2.99. The van der Waals surface area contributed by atoms with Crippen molar-refractivity contribution in [1.29, 1.82) is 0 Å². The van der Waals surface area contributed by atoms with Crippen LogP contribution in [0.25, 0.3) is 0 Å². The maximum absolute atomic E-state index is 12.8. The van der Waals surface area contributed by atoms with E-state index in [9.17, 15) is 9.59 Å². The summed E-state index contributed by atoms with van der Waals surface area (Å²) in [5, 5.41) is 3.60. The Morgan fingerprint density at radius 3 is 2.42 bits per heavy atom. The van der Waals surface area contributed by atoms with Crippen LogP contribution < -0.4 is 5.32 Å². The fraction of sp³-hybridized carbons (Fsp3) is 0.400. The Morgan fingerprint density at radius 2 is 1.81 bits per heavy atom. The summed E-state index contributed by atoms with van der Waals surface area (Å²) in [7, 11) is 0. The van der Waals surface area contributed by atoms with Crippen molar-refractivity contribution in [2.45, 2.75) is 19.3 Å². The maximum Gasteiger partial charge on any atom is 0.255 e. The molecular formula is C20H26ClN3O2. The predicted octanol–water partition coefficient (Wildman–Crippen LogP) is 3.58. The molecule has 1 fully saturated rings. The van der Waals surface area contributed by atoms with Gasteiger partial charge in [-0.1, -0.05) is 23.8 Å². The lowest BCUT2D eigenvalue weighted by Gasteiger charge is -2.28. The molecule has 0 radical (unpaired) electrons. The number of anilines is 1. The topological polar surface area (TPSA) is 52.7 Å². The lowest BCUT2D eigenvalue weighted by atomic mass is 10.1. The van der Waals surface area contributed by atoms with Crippen molar-refractivity contribution in [3.8, 4) is 0 Å². The van der Waals surface area contributed by atoms with Crippen LogP contribution in [0, 0.1) is 0 Å². The van der Waals surface area contributed by atoms with Crippen molar-refractivity contribution in [1.82, 2.24) is 9.80 Å². The van der Waals surface area contributed by atoms with E-state index < -0.39 is 0 Å². The van der Waals surface area contributed by atoms with Crippen molar-refractivity contribution in [3.63, 3.8) is 0 Å². The minimum Gasteiger partial charge on any atom is -0.375 e. The van der Waals surface area contributed by atoms with Gasteiger partial charge in [0, 0.05) is 36.9 Å². The number of likely N-dealkylation sites (tertiary alicyclic amines) is 1. The quantitative estimate of drug-likeness (QED) is 0.706. The highest BCUT2D eigenvalue weighted by atomic mass is 35.5. The van der Waals surface area contributed by atoms with Gasteiger partial charge in [0.15, 0.2) is 0 Å². The van der Waals surface area contributed by atoms with E-state index in [0.29, 0.717) is 29.4 Å². The van der Waals surface area contributed by atoms with Crippen molar-refractivity contribution in [2.75, 3.05) is 38.0 Å². The highest BCUT2D eigenvalue weighted by Crippen LogP contribution is 2.24. The Kier molecular flexibility index (Phi) is 7.73. The molecule has 1 aliphatic rings. The minimum absolute atomic E-state index is 0.0228. The number of benzene rings is 1. The molecule has 5 nitrogen and oxygen atoms in total. The molecular weight excluding hydrogens is 350 g/mol. The van der Waals surface area contributed by atoms with Gasteiger partial charge in [-0.05, 0) is 37.5 Å². The van der Waals surface area contributed by atoms with Crippen LogP contribution in [0.3, 0.4) is 0 Å². The molecule has 140 valence electrons. The van der Waals surface area contributed by atoms with Gasteiger partial charge in [0.05, 0.1) is 12.1 Å². The number of hydrogen-bond acceptors (Lipinski definition) is 3. The van der Waals surface area contributed by atoms with Gasteiger partial charge in [0.25, 0.3) is 5.91 Å². The molecule has 1 saturated heterocycles. The molecule has 1 N–H and O–H groups in total. The monoisotopic (exact) mass is 375 g/mol. The Balaban J connectivity index is 2.11. The Labute approximate surface area is 160 Å². The van der Waals surface area contributed by atoms with Gasteiger partial charge in [-0.3, -0.25) is 9.59 Å². The van der Waals surface area contributed by atoms with Crippen LogP contribution >= 0.6 is 11.6 Å². The molecule has 26 heavy (non-hydrogen) atoms. The number of nitrogens with one attached hydrogen (secondary N) is 1. The van der Waals surface area contributed by atoms with E-state index in [1.54, 1.807) is 35.3 Å². The summed E-state index contributed by atoms with van der Waals surface area (Å²) >= 11 is 6.10. The molecule has 2 amide bonds. The van der Waals surface area contributed by atoms with E-state index in [1.807, 2.05) is 4.90 Å². The number of halogens is 1. The molecule has 0 unspecified atom stereocenters. The summed E-state index contributed by atoms with van der Waals surface area (Å²) < 4.78 is 0. The molecule has 0 atom stereocenters.